The van der Waals surface area contributed by atoms with Gasteiger partial charge >= 0.3 is 6.03 Å². The Kier molecular flexibility index (Phi) is 6.68. The number of rotatable bonds is 7. The number of carbonyl (C=O) groups is 2. The third kappa shape index (κ3) is 6.76. The maximum Gasteiger partial charge on any atom is 0.318 e. The van der Waals surface area contributed by atoms with Crippen LogP contribution in [-0.2, 0) is 11.3 Å². The van der Waals surface area contributed by atoms with Crippen molar-refractivity contribution in [1.82, 2.24) is 10.6 Å². The van der Waals surface area contributed by atoms with Gasteiger partial charge in [0.15, 0.2) is 6.10 Å². The zero-order valence-electron chi connectivity index (χ0n) is 12.7. The van der Waals surface area contributed by atoms with Crippen molar-refractivity contribution in [2.75, 3.05) is 6.54 Å². The average molecular weight is 293 g/mol. The fourth-order valence-electron chi connectivity index (χ4n) is 1.71. The fraction of sp³-hybridized carbons (Fsp3) is 0.467. The summed E-state index contributed by atoms with van der Waals surface area (Å²) in [6, 6.07) is 6.58. The van der Waals surface area contributed by atoms with E-state index in [2.05, 4.69) is 19.2 Å². The highest BCUT2D eigenvalue weighted by Gasteiger charge is 2.16. The molecule has 4 N–H and O–H groups in total. The SMILES string of the molecule is CC(C)CNCc1cccc(OC(C)C(=O)NC(N)=O)c1. The maximum atomic E-state index is 11.5. The van der Waals surface area contributed by atoms with Gasteiger partial charge in [0.1, 0.15) is 5.75 Å². The monoisotopic (exact) mass is 293 g/mol. The third-order valence-corrected chi connectivity index (χ3v) is 2.71. The molecule has 1 aromatic carbocycles. The van der Waals surface area contributed by atoms with Crippen molar-refractivity contribution >= 4 is 11.9 Å². The van der Waals surface area contributed by atoms with Crippen molar-refractivity contribution in [3.8, 4) is 5.75 Å². The van der Waals surface area contributed by atoms with Crippen LogP contribution < -0.4 is 21.1 Å². The molecule has 0 bridgehead atoms. The van der Waals surface area contributed by atoms with Gasteiger partial charge in [-0.15, -0.1) is 0 Å². The van der Waals surface area contributed by atoms with E-state index in [0.717, 1.165) is 18.7 Å². The first-order valence-corrected chi connectivity index (χ1v) is 6.95. The summed E-state index contributed by atoms with van der Waals surface area (Å²) in [5, 5.41) is 5.32. The van der Waals surface area contributed by atoms with Gasteiger partial charge in [-0.1, -0.05) is 26.0 Å². The van der Waals surface area contributed by atoms with Crippen LogP contribution >= 0.6 is 0 Å². The molecule has 0 aliphatic rings. The zero-order chi connectivity index (χ0) is 15.8. The first-order chi connectivity index (χ1) is 9.88. The van der Waals surface area contributed by atoms with E-state index >= 15 is 0 Å². The molecule has 1 rings (SSSR count). The fourth-order valence-corrected chi connectivity index (χ4v) is 1.71. The van der Waals surface area contributed by atoms with Crippen LogP contribution in [0.1, 0.15) is 26.3 Å². The van der Waals surface area contributed by atoms with E-state index < -0.39 is 18.0 Å². The summed E-state index contributed by atoms with van der Waals surface area (Å²) in [7, 11) is 0. The Balaban J connectivity index is 2.55. The molecular formula is C15H23N3O3. The molecule has 0 saturated heterocycles. The molecule has 1 aromatic rings. The minimum absolute atomic E-state index is 0.564. The number of urea groups is 1. The number of benzene rings is 1. The highest BCUT2D eigenvalue weighted by Crippen LogP contribution is 2.15. The topological polar surface area (TPSA) is 93.4 Å². The molecule has 6 heteroatoms. The van der Waals surface area contributed by atoms with Crippen LogP contribution in [0.4, 0.5) is 4.79 Å². The van der Waals surface area contributed by atoms with E-state index in [0.29, 0.717) is 11.7 Å². The largest absolute Gasteiger partial charge is 0.481 e. The number of primary amides is 1. The highest BCUT2D eigenvalue weighted by molar-refractivity contribution is 5.95. The normalized spacial score (nSPS) is 12.0. The number of imide groups is 1. The molecular weight excluding hydrogens is 270 g/mol. The molecule has 0 fully saturated rings. The van der Waals surface area contributed by atoms with Crippen molar-refractivity contribution in [3.05, 3.63) is 29.8 Å². The molecule has 0 heterocycles. The number of ether oxygens (including phenoxy) is 1. The molecule has 0 spiro atoms. The second-order valence-corrected chi connectivity index (χ2v) is 5.29. The van der Waals surface area contributed by atoms with Crippen LogP contribution in [0.15, 0.2) is 24.3 Å². The molecule has 3 amide bonds. The second kappa shape index (κ2) is 8.26. The number of hydrogen-bond donors (Lipinski definition) is 3. The summed E-state index contributed by atoms with van der Waals surface area (Å²) in [5.41, 5.74) is 5.96. The molecule has 1 atom stereocenters. The Morgan fingerprint density at radius 2 is 2.00 bits per heavy atom. The summed E-state index contributed by atoms with van der Waals surface area (Å²) in [5.74, 6) is 0.596. The van der Waals surface area contributed by atoms with Gasteiger partial charge in [0.25, 0.3) is 5.91 Å². The number of hydrogen-bond acceptors (Lipinski definition) is 4. The number of amides is 3. The highest BCUT2D eigenvalue weighted by atomic mass is 16.5. The lowest BCUT2D eigenvalue weighted by Gasteiger charge is -2.14. The van der Waals surface area contributed by atoms with Crippen molar-refractivity contribution in [1.29, 1.82) is 0 Å². The minimum Gasteiger partial charge on any atom is -0.481 e. The van der Waals surface area contributed by atoms with Crippen LogP contribution in [0, 0.1) is 5.92 Å². The van der Waals surface area contributed by atoms with Gasteiger partial charge in [-0.3, -0.25) is 10.1 Å². The van der Waals surface area contributed by atoms with E-state index in [1.807, 2.05) is 23.5 Å². The quantitative estimate of drug-likeness (QED) is 0.708. The Morgan fingerprint density at radius 1 is 1.29 bits per heavy atom. The predicted molar refractivity (Wildman–Crippen MR) is 80.8 cm³/mol. The van der Waals surface area contributed by atoms with Gasteiger partial charge in [0.2, 0.25) is 0 Å². The minimum atomic E-state index is -0.887. The lowest BCUT2D eigenvalue weighted by Crippen LogP contribution is -2.42. The maximum absolute atomic E-state index is 11.5. The van der Waals surface area contributed by atoms with Crippen LogP contribution in [-0.4, -0.2) is 24.6 Å². The van der Waals surface area contributed by atoms with Gasteiger partial charge in [-0.05, 0) is 37.1 Å². The summed E-state index contributed by atoms with van der Waals surface area (Å²) in [6.07, 6.45) is -0.795. The van der Waals surface area contributed by atoms with Crippen molar-refractivity contribution in [2.45, 2.75) is 33.4 Å². The van der Waals surface area contributed by atoms with E-state index in [1.165, 1.54) is 0 Å². The Labute approximate surface area is 125 Å². The van der Waals surface area contributed by atoms with E-state index in [4.69, 9.17) is 10.5 Å². The average Bonchev–Trinajstić information content (AvgIpc) is 2.37. The first-order valence-electron chi connectivity index (χ1n) is 6.95. The number of carbonyl (C=O) groups excluding carboxylic acids is 2. The van der Waals surface area contributed by atoms with Crippen LogP contribution in [0.3, 0.4) is 0 Å². The molecule has 0 aromatic heterocycles. The van der Waals surface area contributed by atoms with Gasteiger partial charge < -0.3 is 15.8 Å². The van der Waals surface area contributed by atoms with Gasteiger partial charge in [0.05, 0.1) is 0 Å². The molecule has 116 valence electrons. The van der Waals surface area contributed by atoms with Crippen LogP contribution in [0.2, 0.25) is 0 Å². The number of nitrogens with two attached hydrogens (primary N) is 1. The summed E-state index contributed by atoms with van der Waals surface area (Å²) < 4.78 is 5.50. The summed E-state index contributed by atoms with van der Waals surface area (Å²) >= 11 is 0. The van der Waals surface area contributed by atoms with Crippen LogP contribution in [0.5, 0.6) is 5.75 Å². The molecule has 0 radical (unpaired) electrons. The Bertz CT molecular complexity index is 489. The second-order valence-electron chi connectivity index (χ2n) is 5.29. The summed E-state index contributed by atoms with van der Waals surface area (Å²) in [6.45, 7) is 7.51. The van der Waals surface area contributed by atoms with Gasteiger partial charge in [-0.2, -0.15) is 0 Å². The molecule has 0 saturated carbocycles. The van der Waals surface area contributed by atoms with Crippen LogP contribution in [0.25, 0.3) is 0 Å². The smallest absolute Gasteiger partial charge is 0.318 e. The Morgan fingerprint density at radius 3 is 2.62 bits per heavy atom. The standard InChI is InChI=1S/C15H23N3O3/c1-10(2)8-17-9-12-5-4-6-13(7-12)21-11(3)14(19)18-15(16)20/h4-7,10-11,17H,8-9H2,1-3H3,(H3,16,18,19,20). The van der Waals surface area contributed by atoms with Crippen molar-refractivity contribution < 1.29 is 14.3 Å². The predicted octanol–water partition coefficient (Wildman–Crippen LogP) is 1.39. The molecule has 21 heavy (non-hydrogen) atoms. The third-order valence-electron chi connectivity index (χ3n) is 2.71. The first kappa shape index (κ1) is 17.0. The van der Waals surface area contributed by atoms with Crippen molar-refractivity contribution in [2.24, 2.45) is 11.7 Å². The van der Waals surface area contributed by atoms with E-state index in [1.54, 1.807) is 13.0 Å². The molecule has 1 unspecified atom stereocenters. The molecule has 0 aliphatic heterocycles. The van der Waals surface area contributed by atoms with E-state index in [-0.39, 0.29) is 0 Å². The molecule has 0 aliphatic carbocycles. The van der Waals surface area contributed by atoms with E-state index in [9.17, 15) is 9.59 Å². The lowest BCUT2D eigenvalue weighted by atomic mass is 10.2. The van der Waals surface area contributed by atoms with Gasteiger partial charge in [0, 0.05) is 6.54 Å². The zero-order valence-corrected chi connectivity index (χ0v) is 12.7. The van der Waals surface area contributed by atoms with Crippen molar-refractivity contribution in [3.63, 3.8) is 0 Å². The van der Waals surface area contributed by atoms with Gasteiger partial charge in [-0.25, -0.2) is 4.79 Å². The Hall–Kier alpha value is -2.08. The molecule has 6 nitrogen and oxygen atoms in total. The lowest BCUT2D eigenvalue weighted by molar-refractivity contribution is -0.126. The summed E-state index contributed by atoms with van der Waals surface area (Å²) in [4.78, 5) is 22.2. The number of nitrogens with one attached hydrogen (secondary N) is 2.